The van der Waals surface area contributed by atoms with Crippen molar-refractivity contribution in [2.24, 2.45) is 0 Å². The molecule has 2 unspecified atom stereocenters. The van der Waals surface area contributed by atoms with E-state index in [1.807, 2.05) is 11.6 Å². The minimum Gasteiger partial charge on any atom is -0.383 e. The largest absolute Gasteiger partial charge is 0.383 e. The van der Waals surface area contributed by atoms with Crippen LogP contribution in [0.3, 0.4) is 0 Å². The Morgan fingerprint density at radius 3 is 2.71 bits per heavy atom. The van der Waals surface area contributed by atoms with Crippen LogP contribution in [0.5, 0.6) is 0 Å². The van der Waals surface area contributed by atoms with Gasteiger partial charge in [-0.25, -0.2) is 0 Å². The fourth-order valence-corrected chi connectivity index (χ4v) is 2.66. The molecule has 122 valence electrons. The van der Waals surface area contributed by atoms with E-state index >= 15 is 0 Å². The van der Waals surface area contributed by atoms with Gasteiger partial charge in [0.05, 0.1) is 42.2 Å². The molecule has 6 heteroatoms. The van der Waals surface area contributed by atoms with Crippen molar-refractivity contribution in [2.75, 3.05) is 26.9 Å². The van der Waals surface area contributed by atoms with Crippen LogP contribution < -0.4 is 5.32 Å². The normalized spacial score (nSPS) is 14.3. The Morgan fingerprint density at radius 2 is 2.14 bits per heavy atom. The van der Waals surface area contributed by atoms with Gasteiger partial charge in [-0.3, -0.25) is 4.68 Å². The van der Waals surface area contributed by atoms with Gasteiger partial charge in [0.15, 0.2) is 0 Å². The number of aromatic nitrogens is 2. The lowest BCUT2D eigenvalue weighted by Gasteiger charge is -2.28. The highest BCUT2D eigenvalue weighted by molar-refractivity contribution is 6.31. The standard InChI is InChI=1S/C15H28ClN3O2/c1-5-8-17-14(13(6-2)21-7-3)15-12(16)11-18-19(15)9-10-20-4/h11,13-14,17H,5-10H2,1-4H3. The highest BCUT2D eigenvalue weighted by Crippen LogP contribution is 2.28. The van der Waals surface area contributed by atoms with E-state index in [2.05, 4.69) is 24.3 Å². The van der Waals surface area contributed by atoms with Gasteiger partial charge in [0, 0.05) is 13.7 Å². The summed E-state index contributed by atoms with van der Waals surface area (Å²) in [6, 6.07) is 0.0433. The molecule has 1 heterocycles. The van der Waals surface area contributed by atoms with Crippen molar-refractivity contribution in [3.8, 4) is 0 Å². The van der Waals surface area contributed by atoms with Crippen molar-refractivity contribution in [3.05, 3.63) is 16.9 Å². The lowest BCUT2D eigenvalue weighted by molar-refractivity contribution is 0.0288. The second-order valence-corrected chi connectivity index (χ2v) is 5.33. The molecule has 0 aliphatic carbocycles. The van der Waals surface area contributed by atoms with E-state index in [0.29, 0.717) is 24.8 Å². The van der Waals surface area contributed by atoms with Crippen LogP contribution in [0.25, 0.3) is 0 Å². The van der Waals surface area contributed by atoms with Crippen LogP contribution in [0, 0.1) is 0 Å². The summed E-state index contributed by atoms with van der Waals surface area (Å²) in [4.78, 5) is 0. The maximum absolute atomic E-state index is 6.38. The predicted molar refractivity (Wildman–Crippen MR) is 85.9 cm³/mol. The van der Waals surface area contributed by atoms with E-state index in [9.17, 15) is 0 Å². The van der Waals surface area contributed by atoms with Gasteiger partial charge in [0.1, 0.15) is 0 Å². The maximum atomic E-state index is 6.38. The van der Waals surface area contributed by atoms with Gasteiger partial charge in [-0.15, -0.1) is 0 Å². The summed E-state index contributed by atoms with van der Waals surface area (Å²) >= 11 is 6.38. The SMILES string of the molecule is CCCNC(c1c(Cl)cnn1CCOC)C(CC)OCC. The highest BCUT2D eigenvalue weighted by Gasteiger charge is 2.27. The third kappa shape index (κ3) is 5.25. The third-order valence-corrected chi connectivity index (χ3v) is 3.70. The lowest BCUT2D eigenvalue weighted by atomic mass is 10.0. The maximum Gasteiger partial charge on any atom is 0.0835 e. The van der Waals surface area contributed by atoms with Gasteiger partial charge in [-0.05, 0) is 26.3 Å². The number of hydrogen-bond donors (Lipinski definition) is 1. The van der Waals surface area contributed by atoms with Crippen LogP contribution in [-0.2, 0) is 16.0 Å². The molecule has 0 aromatic carbocycles. The van der Waals surface area contributed by atoms with E-state index < -0.39 is 0 Å². The van der Waals surface area contributed by atoms with Gasteiger partial charge < -0.3 is 14.8 Å². The van der Waals surface area contributed by atoms with Crippen molar-refractivity contribution in [2.45, 2.75) is 52.3 Å². The zero-order valence-corrected chi connectivity index (χ0v) is 14.3. The molecule has 0 amide bonds. The fourth-order valence-electron chi connectivity index (χ4n) is 2.40. The van der Waals surface area contributed by atoms with Crippen molar-refractivity contribution in [1.29, 1.82) is 0 Å². The quantitative estimate of drug-likeness (QED) is 0.681. The number of nitrogens with zero attached hydrogens (tertiary/aromatic N) is 2. The van der Waals surface area contributed by atoms with Crippen molar-refractivity contribution >= 4 is 11.6 Å². The van der Waals surface area contributed by atoms with E-state index in [4.69, 9.17) is 21.1 Å². The molecule has 0 saturated heterocycles. The van der Waals surface area contributed by atoms with E-state index in [0.717, 1.165) is 25.1 Å². The fraction of sp³-hybridized carbons (Fsp3) is 0.800. The summed E-state index contributed by atoms with van der Waals surface area (Å²) in [6.45, 7) is 9.19. The van der Waals surface area contributed by atoms with E-state index in [1.165, 1.54) is 0 Å². The first kappa shape index (κ1) is 18.4. The predicted octanol–water partition coefficient (Wildman–Crippen LogP) is 3.04. The van der Waals surface area contributed by atoms with Crippen LogP contribution >= 0.6 is 11.6 Å². The Labute approximate surface area is 132 Å². The second-order valence-electron chi connectivity index (χ2n) is 4.93. The minimum absolute atomic E-state index is 0.0433. The molecule has 21 heavy (non-hydrogen) atoms. The van der Waals surface area contributed by atoms with Crippen molar-refractivity contribution in [1.82, 2.24) is 15.1 Å². The highest BCUT2D eigenvalue weighted by atomic mass is 35.5. The van der Waals surface area contributed by atoms with Crippen LogP contribution in [0.2, 0.25) is 5.02 Å². The first-order valence-electron chi connectivity index (χ1n) is 7.74. The average Bonchev–Trinajstić information content (AvgIpc) is 2.85. The van der Waals surface area contributed by atoms with Gasteiger partial charge in [-0.1, -0.05) is 25.4 Å². The lowest BCUT2D eigenvalue weighted by Crippen LogP contribution is -2.36. The van der Waals surface area contributed by atoms with Gasteiger partial charge >= 0.3 is 0 Å². The summed E-state index contributed by atoms with van der Waals surface area (Å²) in [5, 5.41) is 8.60. The molecule has 0 radical (unpaired) electrons. The summed E-state index contributed by atoms with van der Waals surface area (Å²) in [7, 11) is 1.69. The molecule has 1 aromatic rings. The zero-order valence-electron chi connectivity index (χ0n) is 13.6. The number of hydrogen-bond acceptors (Lipinski definition) is 4. The third-order valence-electron chi connectivity index (χ3n) is 3.40. The molecule has 0 saturated carbocycles. The smallest absolute Gasteiger partial charge is 0.0835 e. The second kappa shape index (κ2) is 10.2. The molecule has 0 aliphatic heterocycles. The number of methoxy groups -OCH3 is 1. The molecular formula is C15H28ClN3O2. The zero-order chi connectivity index (χ0) is 15.7. The summed E-state index contributed by atoms with van der Waals surface area (Å²) in [6.07, 6.45) is 3.76. The Morgan fingerprint density at radius 1 is 1.38 bits per heavy atom. The Bertz CT molecular complexity index is 398. The first-order valence-corrected chi connectivity index (χ1v) is 8.12. The molecule has 1 aromatic heterocycles. The summed E-state index contributed by atoms with van der Waals surface area (Å²) in [5.74, 6) is 0. The first-order chi connectivity index (χ1) is 10.2. The van der Waals surface area contributed by atoms with Crippen LogP contribution in [0.1, 0.15) is 45.3 Å². The Balaban J connectivity index is 3.02. The monoisotopic (exact) mass is 317 g/mol. The van der Waals surface area contributed by atoms with Crippen LogP contribution in [0.15, 0.2) is 6.20 Å². The summed E-state index contributed by atoms with van der Waals surface area (Å²) in [5.41, 5.74) is 0.988. The van der Waals surface area contributed by atoms with Gasteiger partial charge in [-0.2, -0.15) is 5.10 Å². The molecule has 0 bridgehead atoms. The molecule has 1 rings (SSSR count). The van der Waals surface area contributed by atoms with E-state index in [1.54, 1.807) is 13.3 Å². The van der Waals surface area contributed by atoms with Crippen LogP contribution in [-0.4, -0.2) is 42.8 Å². The van der Waals surface area contributed by atoms with Gasteiger partial charge in [0.25, 0.3) is 0 Å². The Hall–Kier alpha value is -0.620. The molecular weight excluding hydrogens is 290 g/mol. The number of rotatable bonds is 11. The van der Waals surface area contributed by atoms with Crippen molar-refractivity contribution in [3.63, 3.8) is 0 Å². The Kier molecular flexibility index (Phi) is 8.92. The average molecular weight is 318 g/mol. The number of nitrogens with one attached hydrogen (secondary N) is 1. The molecule has 0 fully saturated rings. The number of ether oxygens (including phenoxy) is 2. The topological polar surface area (TPSA) is 48.3 Å². The molecule has 5 nitrogen and oxygen atoms in total. The summed E-state index contributed by atoms with van der Waals surface area (Å²) < 4.78 is 13.0. The van der Waals surface area contributed by atoms with E-state index in [-0.39, 0.29) is 12.1 Å². The molecule has 0 spiro atoms. The molecule has 1 N–H and O–H groups in total. The molecule has 0 aliphatic rings. The van der Waals surface area contributed by atoms with Crippen LogP contribution in [0.4, 0.5) is 0 Å². The van der Waals surface area contributed by atoms with Crippen molar-refractivity contribution < 1.29 is 9.47 Å². The molecule has 2 atom stereocenters. The van der Waals surface area contributed by atoms with Gasteiger partial charge in [0.2, 0.25) is 0 Å². The minimum atomic E-state index is 0.0433. The number of halogens is 1.